The van der Waals surface area contributed by atoms with Gasteiger partial charge in [-0.05, 0) is 84.7 Å². The third kappa shape index (κ3) is 4.86. The quantitative estimate of drug-likeness (QED) is 0.496. The van der Waals surface area contributed by atoms with E-state index in [4.69, 9.17) is 4.11 Å². The minimum Gasteiger partial charge on any atom is -0.393 e. The standard InChI is InChI=1S/C28H44O2/c1-18(2)19(3)9-10-20(4)25-13-14-26-22(8-7-15-28(25,26)6)11-12-23-16-24(29)17-27(30)21(23)5/h9-12,18-20,24-27,29-30H,5,7-8,13-17H2,1-4,6H3/b10-9+,22-11+,23-12-/t19-,20+,24+,25+,26-,27-,28+/m0/s1/i3D3. The molecule has 0 aromatic rings. The lowest BCUT2D eigenvalue weighted by Gasteiger charge is -2.44. The fourth-order valence-corrected chi connectivity index (χ4v) is 6.26. The molecule has 2 heteroatoms. The van der Waals surface area contributed by atoms with Gasteiger partial charge in [-0.15, -0.1) is 0 Å². The summed E-state index contributed by atoms with van der Waals surface area (Å²) < 4.78 is 23.7. The van der Waals surface area contributed by atoms with Crippen LogP contribution >= 0.6 is 0 Å². The fourth-order valence-electron chi connectivity index (χ4n) is 6.26. The number of rotatable bonds is 5. The highest BCUT2D eigenvalue weighted by Gasteiger charge is 2.50. The lowest BCUT2D eigenvalue weighted by atomic mass is 9.61. The Morgan fingerprint density at radius 1 is 1.17 bits per heavy atom. The maximum Gasteiger partial charge on any atom is 0.0811 e. The van der Waals surface area contributed by atoms with Gasteiger partial charge in [0.2, 0.25) is 0 Å². The Morgan fingerprint density at radius 2 is 1.93 bits per heavy atom. The number of fused-ring (bicyclic) bond motifs is 1. The minimum atomic E-state index is -1.95. The molecule has 3 rings (SSSR count). The van der Waals surface area contributed by atoms with Crippen LogP contribution in [-0.4, -0.2) is 22.4 Å². The SMILES string of the molecule is [2H]C([2H])([2H])[C@@H](/C=C/[C@@H](C)[C@H]1CC[C@H]2/C(=C/C=C3/C[C@@H](O)C[C@H](O)C3=C)CCC[C@]12C)C(C)C. The van der Waals surface area contributed by atoms with Crippen LogP contribution in [0.3, 0.4) is 0 Å². The summed E-state index contributed by atoms with van der Waals surface area (Å²) in [4.78, 5) is 0. The van der Waals surface area contributed by atoms with Crippen molar-refractivity contribution in [3.63, 3.8) is 0 Å². The molecule has 0 unspecified atom stereocenters. The predicted octanol–water partition coefficient (Wildman–Crippen LogP) is 6.61. The van der Waals surface area contributed by atoms with Crippen molar-refractivity contribution in [2.75, 3.05) is 0 Å². The molecule has 30 heavy (non-hydrogen) atoms. The first-order valence-corrected chi connectivity index (χ1v) is 12.0. The summed E-state index contributed by atoms with van der Waals surface area (Å²) in [5.74, 6) is 1.14. The normalized spacial score (nSPS) is 41.7. The molecule has 0 saturated heterocycles. The van der Waals surface area contributed by atoms with Crippen LogP contribution in [0.25, 0.3) is 0 Å². The summed E-state index contributed by atoms with van der Waals surface area (Å²) >= 11 is 0. The van der Waals surface area contributed by atoms with Gasteiger partial charge < -0.3 is 10.2 Å². The molecule has 3 fully saturated rings. The average Bonchev–Trinajstić information content (AvgIpc) is 3.05. The first-order chi connectivity index (χ1) is 15.3. The topological polar surface area (TPSA) is 40.5 Å². The third-order valence-electron chi connectivity index (χ3n) is 8.28. The smallest absolute Gasteiger partial charge is 0.0811 e. The van der Waals surface area contributed by atoms with Gasteiger partial charge in [0, 0.05) is 10.5 Å². The number of aliphatic hydroxyl groups is 2. The molecule has 0 amide bonds. The van der Waals surface area contributed by atoms with E-state index >= 15 is 0 Å². The van der Waals surface area contributed by atoms with E-state index < -0.39 is 25.0 Å². The van der Waals surface area contributed by atoms with Gasteiger partial charge in [0.25, 0.3) is 0 Å². The summed E-state index contributed by atoms with van der Waals surface area (Å²) in [5.41, 5.74) is 3.42. The first kappa shape index (κ1) is 19.6. The van der Waals surface area contributed by atoms with Gasteiger partial charge in [-0.1, -0.05) is 71.0 Å². The molecule has 2 N–H and O–H groups in total. The second-order valence-corrected chi connectivity index (χ2v) is 10.7. The Bertz CT molecular complexity index is 806. The Morgan fingerprint density at radius 3 is 2.63 bits per heavy atom. The van der Waals surface area contributed by atoms with Crippen LogP contribution in [-0.2, 0) is 0 Å². The largest absolute Gasteiger partial charge is 0.393 e. The van der Waals surface area contributed by atoms with Crippen molar-refractivity contribution in [2.24, 2.45) is 35.0 Å². The molecular weight excluding hydrogens is 368 g/mol. The van der Waals surface area contributed by atoms with Gasteiger partial charge >= 0.3 is 0 Å². The summed E-state index contributed by atoms with van der Waals surface area (Å²) in [6, 6.07) is 0. The van der Waals surface area contributed by atoms with Gasteiger partial charge in [0.15, 0.2) is 0 Å². The van der Waals surface area contributed by atoms with Gasteiger partial charge in [-0.25, -0.2) is 0 Å². The van der Waals surface area contributed by atoms with Crippen LogP contribution in [0.5, 0.6) is 0 Å². The van der Waals surface area contributed by atoms with Crippen molar-refractivity contribution in [3.05, 3.63) is 47.6 Å². The minimum absolute atomic E-state index is 0.0942. The third-order valence-corrected chi connectivity index (χ3v) is 8.28. The second-order valence-electron chi connectivity index (χ2n) is 10.7. The molecule has 0 heterocycles. The highest BCUT2D eigenvalue weighted by molar-refractivity contribution is 5.38. The predicted molar refractivity (Wildman–Crippen MR) is 127 cm³/mol. The van der Waals surface area contributed by atoms with E-state index in [0.717, 1.165) is 17.6 Å². The monoisotopic (exact) mass is 415 g/mol. The maximum atomic E-state index is 10.2. The van der Waals surface area contributed by atoms with E-state index in [1.165, 1.54) is 31.3 Å². The molecule has 7 atom stereocenters. The second kappa shape index (κ2) is 9.57. The van der Waals surface area contributed by atoms with Crippen LogP contribution in [0, 0.1) is 35.0 Å². The molecular formula is C28H44O2. The van der Waals surface area contributed by atoms with Crippen LogP contribution in [0.1, 0.15) is 83.6 Å². The molecule has 2 nitrogen and oxygen atoms in total. The van der Waals surface area contributed by atoms with Crippen LogP contribution < -0.4 is 0 Å². The molecule has 0 radical (unpaired) electrons. The molecule has 0 aliphatic heterocycles. The first-order valence-electron chi connectivity index (χ1n) is 13.5. The Hall–Kier alpha value is -1.12. The average molecular weight is 416 g/mol. The van der Waals surface area contributed by atoms with Gasteiger partial charge in [-0.2, -0.15) is 0 Å². The van der Waals surface area contributed by atoms with Crippen molar-refractivity contribution in [1.29, 1.82) is 0 Å². The zero-order valence-electron chi connectivity index (χ0n) is 22.4. The lowest BCUT2D eigenvalue weighted by molar-refractivity contribution is 0.0862. The lowest BCUT2D eigenvalue weighted by Crippen LogP contribution is -2.35. The van der Waals surface area contributed by atoms with Crippen LogP contribution in [0.2, 0.25) is 0 Å². The maximum absolute atomic E-state index is 10.2. The van der Waals surface area contributed by atoms with Crippen molar-refractivity contribution in [1.82, 2.24) is 0 Å². The fraction of sp³-hybridized carbons (Fsp3) is 0.714. The van der Waals surface area contributed by atoms with E-state index in [9.17, 15) is 10.2 Å². The molecule has 0 bridgehead atoms. The van der Waals surface area contributed by atoms with Gasteiger partial charge in [-0.3, -0.25) is 0 Å². The van der Waals surface area contributed by atoms with Crippen molar-refractivity contribution >= 4 is 0 Å². The highest BCUT2D eigenvalue weighted by Crippen LogP contribution is 2.59. The molecule has 3 aliphatic carbocycles. The summed E-state index contributed by atoms with van der Waals surface area (Å²) in [7, 11) is 0. The van der Waals surface area contributed by atoms with Crippen molar-refractivity contribution in [3.8, 4) is 0 Å². The van der Waals surface area contributed by atoms with Gasteiger partial charge in [0.1, 0.15) is 0 Å². The van der Waals surface area contributed by atoms with E-state index in [0.29, 0.717) is 30.6 Å². The molecule has 0 spiro atoms. The van der Waals surface area contributed by atoms with E-state index in [-0.39, 0.29) is 11.3 Å². The Labute approximate surface area is 189 Å². The Kier molecular flexibility index (Phi) is 6.24. The summed E-state index contributed by atoms with van der Waals surface area (Å²) in [5, 5.41) is 20.2. The van der Waals surface area contributed by atoms with E-state index in [1.807, 2.05) is 19.9 Å². The number of hydrogen-bond acceptors (Lipinski definition) is 2. The zero-order chi connectivity index (χ0) is 24.6. The molecule has 3 saturated carbocycles. The molecule has 0 aromatic heterocycles. The van der Waals surface area contributed by atoms with Crippen LogP contribution in [0.4, 0.5) is 0 Å². The molecule has 3 aliphatic rings. The van der Waals surface area contributed by atoms with E-state index in [2.05, 4.69) is 38.7 Å². The van der Waals surface area contributed by atoms with Crippen molar-refractivity contribution < 1.29 is 14.3 Å². The van der Waals surface area contributed by atoms with Crippen LogP contribution in [0.15, 0.2) is 47.6 Å². The zero-order valence-corrected chi connectivity index (χ0v) is 19.4. The molecule has 168 valence electrons. The number of allylic oxidation sites excluding steroid dienone is 5. The number of aliphatic hydroxyl groups excluding tert-OH is 2. The molecule has 0 aromatic carbocycles. The highest BCUT2D eigenvalue weighted by atomic mass is 16.3. The summed E-state index contributed by atoms with van der Waals surface area (Å²) in [6.07, 6.45) is 14.1. The summed E-state index contributed by atoms with van der Waals surface area (Å²) in [6.45, 7) is 10.8. The van der Waals surface area contributed by atoms with Crippen molar-refractivity contribution in [2.45, 2.75) is 91.7 Å². The van der Waals surface area contributed by atoms with Gasteiger partial charge in [0.05, 0.1) is 12.2 Å². The Balaban J connectivity index is 1.78. The van der Waals surface area contributed by atoms with E-state index in [1.54, 1.807) is 0 Å². The number of hydrogen-bond donors (Lipinski definition) is 2.